The zero-order valence-electron chi connectivity index (χ0n) is 10.1. The summed E-state index contributed by atoms with van der Waals surface area (Å²) in [5, 5.41) is 3.65. The maximum atomic E-state index is 3.76. The van der Waals surface area contributed by atoms with Gasteiger partial charge in [0.15, 0.2) is 0 Å². The highest BCUT2D eigenvalue weighted by Gasteiger charge is 2.31. The van der Waals surface area contributed by atoms with Crippen molar-refractivity contribution in [3.8, 4) is 0 Å². The molecule has 1 N–H and O–H groups in total. The van der Waals surface area contributed by atoms with Gasteiger partial charge in [-0.1, -0.05) is 35.9 Å². The molecule has 0 heterocycles. The smallest absolute Gasteiger partial charge is 0.0348 e. The number of rotatable bonds is 6. The minimum Gasteiger partial charge on any atom is -0.309 e. The Kier molecular flexibility index (Phi) is 3.79. The van der Waals surface area contributed by atoms with Crippen LogP contribution in [0.25, 0.3) is 0 Å². The van der Waals surface area contributed by atoms with E-state index < -0.39 is 0 Å². The highest BCUT2D eigenvalue weighted by atomic mass is 14.9. The van der Waals surface area contributed by atoms with Gasteiger partial charge in [-0.2, -0.15) is 0 Å². The van der Waals surface area contributed by atoms with Crippen LogP contribution in [-0.2, 0) is 0 Å². The molecule has 1 unspecified atom stereocenters. The SMILES string of the molecule is C=CCCNC(c1ccc(C)cc1)C1CC1. The van der Waals surface area contributed by atoms with Gasteiger partial charge in [0.05, 0.1) is 0 Å². The Bertz CT molecular complexity index is 335. The lowest BCUT2D eigenvalue weighted by Crippen LogP contribution is -2.23. The molecule has 1 atom stereocenters. The predicted octanol–water partition coefficient (Wildman–Crippen LogP) is 3.61. The normalized spacial score (nSPS) is 17.1. The van der Waals surface area contributed by atoms with E-state index in [4.69, 9.17) is 0 Å². The van der Waals surface area contributed by atoms with Gasteiger partial charge in [-0.3, -0.25) is 0 Å². The van der Waals surface area contributed by atoms with Crippen molar-refractivity contribution in [1.29, 1.82) is 0 Å². The number of nitrogens with one attached hydrogen (secondary N) is 1. The second-order valence-corrected chi connectivity index (χ2v) is 4.76. The Morgan fingerprint density at radius 1 is 1.38 bits per heavy atom. The van der Waals surface area contributed by atoms with E-state index >= 15 is 0 Å². The van der Waals surface area contributed by atoms with Crippen molar-refractivity contribution in [3.05, 3.63) is 48.0 Å². The Balaban J connectivity index is 2.00. The highest BCUT2D eigenvalue weighted by molar-refractivity contribution is 5.25. The molecule has 1 heteroatoms. The van der Waals surface area contributed by atoms with E-state index in [2.05, 4.69) is 43.1 Å². The third-order valence-electron chi connectivity index (χ3n) is 3.24. The molecule has 1 aliphatic carbocycles. The first-order chi connectivity index (χ1) is 7.81. The average Bonchev–Trinajstić information content (AvgIpc) is 3.10. The summed E-state index contributed by atoms with van der Waals surface area (Å²) >= 11 is 0. The van der Waals surface area contributed by atoms with Crippen LogP contribution in [0.4, 0.5) is 0 Å². The molecule has 1 saturated carbocycles. The van der Waals surface area contributed by atoms with Crippen molar-refractivity contribution in [2.24, 2.45) is 5.92 Å². The van der Waals surface area contributed by atoms with E-state index in [-0.39, 0.29) is 0 Å². The summed E-state index contributed by atoms with van der Waals surface area (Å²) in [7, 11) is 0. The van der Waals surface area contributed by atoms with E-state index in [1.807, 2.05) is 6.08 Å². The van der Waals surface area contributed by atoms with Gasteiger partial charge in [-0.15, -0.1) is 6.58 Å². The summed E-state index contributed by atoms with van der Waals surface area (Å²) in [6, 6.07) is 9.50. The maximum Gasteiger partial charge on any atom is 0.0348 e. The molecule has 0 saturated heterocycles. The molecule has 0 amide bonds. The van der Waals surface area contributed by atoms with Crippen molar-refractivity contribution in [2.75, 3.05) is 6.54 Å². The first-order valence-electron chi connectivity index (χ1n) is 6.22. The van der Waals surface area contributed by atoms with Gasteiger partial charge in [0.1, 0.15) is 0 Å². The molecule has 0 spiro atoms. The largest absolute Gasteiger partial charge is 0.309 e. The third kappa shape index (κ3) is 2.96. The second-order valence-electron chi connectivity index (χ2n) is 4.76. The lowest BCUT2D eigenvalue weighted by Gasteiger charge is -2.18. The minimum absolute atomic E-state index is 0.556. The van der Waals surface area contributed by atoms with Crippen molar-refractivity contribution in [3.63, 3.8) is 0 Å². The fourth-order valence-electron chi connectivity index (χ4n) is 2.10. The molecule has 1 nitrogen and oxygen atoms in total. The summed E-state index contributed by atoms with van der Waals surface area (Å²) in [6.07, 6.45) is 5.78. The second kappa shape index (κ2) is 5.31. The molecule has 1 aromatic rings. The lowest BCUT2D eigenvalue weighted by molar-refractivity contribution is 0.487. The molecule has 1 aliphatic rings. The van der Waals surface area contributed by atoms with Crippen LogP contribution >= 0.6 is 0 Å². The van der Waals surface area contributed by atoms with E-state index in [1.54, 1.807) is 0 Å². The number of hydrogen-bond donors (Lipinski definition) is 1. The Morgan fingerprint density at radius 2 is 2.06 bits per heavy atom. The van der Waals surface area contributed by atoms with Gasteiger partial charge in [-0.25, -0.2) is 0 Å². The zero-order valence-corrected chi connectivity index (χ0v) is 10.1. The Morgan fingerprint density at radius 3 is 2.62 bits per heavy atom. The van der Waals surface area contributed by atoms with E-state index in [0.29, 0.717) is 6.04 Å². The molecule has 2 rings (SSSR count). The molecule has 0 radical (unpaired) electrons. The fourth-order valence-corrected chi connectivity index (χ4v) is 2.10. The number of benzene rings is 1. The van der Waals surface area contributed by atoms with Crippen LogP contribution in [0.15, 0.2) is 36.9 Å². The maximum absolute atomic E-state index is 3.76. The van der Waals surface area contributed by atoms with Crippen molar-refractivity contribution >= 4 is 0 Å². The quantitative estimate of drug-likeness (QED) is 0.564. The van der Waals surface area contributed by atoms with Crippen LogP contribution in [0, 0.1) is 12.8 Å². The summed E-state index contributed by atoms with van der Waals surface area (Å²) in [6.45, 7) is 6.94. The van der Waals surface area contributed by atoms with Gasteiger partial charge >= 0.3 is 0 Å². The van der Waals surface area contributed by atoms with E-state index in [1.165, 1.54) is 24.0 Å². The van der Waals surface area contributed by atoms with Crippen molar-refractivity contribution < 1.29 is 0 Å². The van der Waals surface area contributed by atoms with Gasteiger partial charge in [0.25, 0.3) is 0 Å². The lowest BCUT2D eigenvalue weighted by atomic mass is 10.0. The molecule has 0 aromatic heterocycles. The summed E-state index contributed by atoms with van der Waals surface area (Å²) in [4.78, 5) is 0. The summed E-state index contributed by atoms with van der Waals surface area (Å²) in [5.74, 6) is 0.854. The van der Waals surface area contributed by atoms with Crippen molar-refractivity contribution in [1.82, 2.24) is 5.32 Å². The number of hydrogen-bond acceptors (Lipinski definition) is 1. The van der Waals surface area contributed by atoms with Crippen LogP contribution in [0.2, 0.25) is 0 Å². The highest BCUT2D eigenvalue weighted by Crippen LogP contribution is 2.40. The molecule has 0 bridgehead atoms. The summed E-state index contributed by atoms with van der Waals surface area (Å²) < 4.78 is 0. The van der Waals surface area contributed by atoms with Crippen LogP contribution in [0.1, 0.15) is 36.4 Å². The summed E-state index contributed by atoms with van der Waals surface area (Å²) in [5.41, 5.74) is 2.78. The first kappa shape index (κ1) is 11.4. The van der Waals surface area contributed by atoms with Crippen LogP contribution in [-0.4, -0.2) is 6.54 Å². The molecule has 1 fully saturated rings. The predicted molar refractivity (Wildman–Crippen MR) is 69.5 cm³/mol. The molecule has 0 aliphatic heterocycles. The van der Waals surface area contributed by atoms with Gasteiger partial charge in [0, 0.05) is 6.04 Å². The first-order valence-corrected chi connectivity index (χ1v) is 6.22. The van der Waals surface area contributed by atoms with Gasteiger partial charge in [0.2, 0.25) is 0 Å². The van der Waals surface area contributed by atoms with E-state index in [0.717, 1.165) is 18.9 Å². The topological polar surface area (TPSA) is 12.0 Å². The van der Waals surface area contributed by atoms with Crippen LogP contribution in [0.3, 0.4) is 0 Å². The van der Waals surface area contributed by atoms with Crippen LogP contribution in [0.5, 0.6) is 0 Å². The van der Waals surface area contributed by atoms with Crippen LogP contribution < -0.4 is 5.32 Å². The molecular weight excluding hydrogens is 194 g/mol. The molecule has 16 heavy (non-hydrogen) atoms. The molecular formula is C15H21N. The Hall–Kier alpha value is -1.08. The fraction of sp³-hybridized carbons (Fsp3) is 0.467. The minimum atomic E-state index is 0.556. The average molecular weight is 215 g/mol. The van der Waals surface area contributed by atoms with Gasteiger partial charge < -0.3 is 5.32 Å². The zero-order chi connectivity index (χ0) is 11.4. The van der Waals surface area contributed by atoms with E-state index in [9.17, 15) is 0 Å². The van der Waals surface area contributed by atoms with Gasteiger partial charge in [-0.05, 0) is 44.2 Å². The van der Waals surface area contributed by atoms with Crippen molar-refractivity contribution in [2.45, 2.75) is 32.2 Å². The molecule has 86 valence electrons. The number of aryl methyl sites for hydroxylation is 1. The Labute approximate surface area is 98.6 Å². The standard InChI is InChI=1S/C15H21N/c1-3-4-11-16-15(14-9-10-14)13-7-5-12(2)6-8-13/h3,5-8,14-16H,1,4,9-11H2,2H3. The third-order valence-corrected chi connectivity index (χ3v) is 3.24. The molecule has 1 aromatic carbocycles. The monoisotopic (exact) mass is 215 g/mol.